The molecule has 0 aromatic heterocycles. The molecule has 0 spiro atoms. The molecule has 116 valence electrons. The summed E-state index contributed by atoms with van der Waals surface area (Å²) in [5.74, 6) is 0. The number of rotatable bonds is 3. The minimum absolute atomic E-state index is 0.217. The summed E-state index contributed by atoms with van der Waals surface area (Å²) in [6.07, 6.45) is 0. The lowest BCUT2D eigenvalue weighted by Crippen LogP contribution is -2.56. The van der Waals surface area contributed by atoms with E-state index in [-0.39, 0.29) is 6.54 Å². The summed E-state index contributed by atoms with van der Waals surface area (Å²) >= 11 is 3.35. The summed E-state index contributed by atoms with van der Waals surface area (Å²) < 4.78 is 0.961. The van der Waals surface area contributed by atoms with E-state index in [4.69, 9.17) is 0 Å². The fourth-order valence-electron chi connectivity index (χ4n) is 1.67. The number of hydrazone groups is 2. The van der Waals surface area contributed by atoms with E-state index in [1.165, 1.54) is 0 Å². The molecular weight excluding hydrogens is 352 g/mol. The second kappa shape index (κ2) is 7.03. The lowest BCUT2D eigenvalue weighted by Gasteiger charge is -2.25. The number of carbonyl (C=O) groups excluding carboxylic acids is 2. The Balaban J connectivity index is 1.92. The normalized spacial score (nSPS) is 15.0. The quantitative estimate of drug-likeness (QED) is 0.561. The Hall–Kier alpha value is -2.42. The summed E-state index contributed by atoms with van der Waals surface area (Å²) in [7, 11) is 0. The van der Waals surface area contributed by atoms with Crippen molar-refractivity contribution in [2.24, 2.45) is 10.2 Å². The van der Waals surface area contributed by atoms with Crippen LogP contribution in [0.1, 0.15) is 19.4 Å². The van der Waals surface area contributed by atoms with Gasteiger partial charge in [0.15, 0.2) is 0 Å². The number of halogens is 1. The van der Waals surface area contributed by atoms with Gasteiger partial charge in [-0.2, -0.15) is 10.2 Å². The van der Waals surface area contributed by atoms with Crippen LogP contribution in [-0.2, 0) is 0 Å². The number of carbonyl (C=O) groups is 2. The first-order chi connectivity index (χ1) is 10.5. The van der Waals surface area contributed by atoms with Crippen molar-refractivity contribution in [1.29, 1.82) is 0 Å². The van der Waals surface area contributed by atoms with E-state index in [1.54, 1.807) is 13.8 Å². The lowest BCUT2D eigenvalue weighted by molar-refractivity contribution is 0.173. The average Bonchev–Trinajstić information content (AvgIpc) is 2.49. The van der Waals surface area contributed by atoms with Crippen molar-refractivity contribution in [2.45, 2.75) is 13.8 Å². The van der Waals surface area contributed by atoms with Crippen LogP contribution in [0, 0.1) is 0 Å². The van der Waals surface area contributed by atoms with Crippen molar-refractivity contribution in [1.82, 2.24) is 21.3 Å². The van der Waals surface area contributed by atoms with Gasteiger partial charge >= 0.3 is 12.1 Å². The van der Waals surface area contributed by atoms with Crippen LogP contribution < -0.4 is 16.3 Å². The van der Waals surface area contributed by atoms with E-state index in [1.807, 2.05) is 24.3 Å². The predicted octanol–water partition coefficient (Wildman–Crippen LogP) is 1.79. The van der Waals surface area contributed by atoms with Gasteiger partial charge in [-0.05, 0) is 31.5 Å². The summed E-state index contributed by atoms with van der Waals surface area (Å²) in [5, 5.41) is 8.86. The van der Waals surface area contributed by atoms with Crippen LogP contribution in [0.25, 0.3) is 0 Å². The van der Waals surface area contributed by atoms with Crippen molar-refractivity contribution in [3.63, 3.8) is 0 Å². The zero-order valence-electron chi connectivity index (χ0n) is 12.1. The minimum atomic E-state index is -0.610. The second-order valence-electron chi connectivity index (χ2n) is 4.61. The summed E-state index contributed by atoms with van der Waals surface area (Å²) in [4.78, 5) is 23.2. The molecule has 0 saturated heterocycles. The number of benzene rings is 1. The fraction of sp³-hybridized carbons (Fsp3) is 0.231. The van der Waals surface area contributed by atoms with Gasteiger partial charge in [-0.3, -0.25) is 0 Å². The number of urea groups is 2. The fourth-order valence-corrected chi connectivity index (χ4v) is 1.93. The molecule has 1 aromatic carbocycles. The van der Waals surface area contributed by atoms with Crippen LogP contribution in [0.4, 0.5) is 9.59 Å². The zero-order chi connectivity index (χ0) is 16.1. The predicted molar refractivity (Wildman–Crippen MR) is 86.4 cm³/mol. The number of hydrazine groups is 1. The summed E-state index contributed by atoms with van der Waals surface area (Å²) in [6, 6.07) is 6.40. The molecule has 0 radical (unpaired) electrons. The number of hydrogen-bond acceptors (Lipinski definition) is 4. The van der Waals surface area contributed by atoms with Crippen molar-refractivity contribution in [3.05, 3.63) is 34.3 Å². The van der Waals surface area contributed by atoms with Gasteiger partial charge < -0.3 is 0 Å². The van der Waals surface area contributed by atoms with Gasteiger partial charge in [-0.1, -0.05) is 28.1 Å². The average molecular weight is 367 g/mol. The van der Waals surface area contributed by atoms with E-state index >= 15 is 0 Å². The van der Waals surface area contributed by atoms with Crippen LogP contribution in [0.5, 0.6) is 0 Å². The van der Waals surface area contributed by atoms with Gasteiger partial charge in [0.1, 0.15) is 0 Å². The standard InChI is InChI=1S/C13H15BrN6O2/c1-8-7-20(13(22)18-15-8)19-12(21)17-16-9(2)10-3-5-11(14)6-4-10/h3-6H,7H2,1-2H3,(H,18,22)(H2,17,19,21)/b16-9+. The molecule has 3 N–H and O–H groups in total. The Morgan fingerprint density at radius 1 is 1.41 bits per heavy atom. The van der Waals surface area contributed by atoms with E-state index < -0.39 is 12.1 Å². The summed E-state index contributed by atoms with van der Waals surface area (Å²) in [6.45, 7) is 3.73. The third-order valence-corrected chi connectivity index (χ3v) is 3.33. The highest BCUT2D eigenvalue weighted by atomic mass is 79.9. The molecule has 0 atom stereocenters. The van der Waals surface area contributed by atoms with Crippen molar-refractivity contribution in [2.75, 3.05) is 6.54 Å². The maximum absolute atomic E-state index is 11.8. The molecule has 0 unspecified atom stereocenters. The largest absolute Gasteiger partial charge is 0.356 e. The molecule has 4 amide bonds. The third kappa shape index (κ3) is 4.29. The minimum Gasteiger partial charge on any atom is -0.245 e. The molecule has 9 heteroatoms. The number of nitrogens with zero attached hydrogens (tertiary/aromatic N) is 3. The van der Waals surface area contributed by atoms with Crippen molar-refractivity contribution < 1.29 is 9.59 Å². The monoisotopic (exact) mass is 366 g/mol. The Labute approximate surface area is 135 Å². The third-order valence-electron chi connectivity index (χ3n) is 2.80. The zero-order valence-corrected chi connectivity index (χ0v) is 13.6. The molecule has 1 heterocycles. The first kappa shape index (κ1) is 16.0. The molecule has 0 saturated carbocycles. The molecule has 1 aliphatic heterocycles. The van der Waals surface area contributed by atoms with Gasteiger partial charge in [-0.15, -0.1) is 0 Å². The Morgan fingerprint density at radius 3 is 2.77 bits per heavy atom. The molecule has 0 aliphatic carbocycles. The number of nitrogens with one attached hydrogen (secondary N) is 3. The second-order valence-corrected chi connectivity index (χ2v) is 5.52. The van der Waals surface area contributed by atoms with Crippen LogP contribution >= 0.6 is 15.9 Å². The molecule has 1 aliphatic rings. The molecule has 8 nitrogen and oxygen atoms in total. The van der Waals surface area contributed by atoms with E-state index in [0.717, 1.165) is 15.0 Å². The van der Waals surface area contributed by atoms with Crippen molar-refractivity contribution >= 4 is 39.4 Å². The van der Waals surface area contributed by atoms with Gasteiger partial charge in [0, 0.05) is 4.47 Å². The highest BCUT2D eigenvalue weighted by Gasteiger charge is 2.20. The SMILES string of the molecule is CC1=NNC(=O)N(NC(=O)N/N=C(\C)c2ccc(Br)cc2)C1. The summed E-state index contributed by atoms with van der Waals surface area (Å²) in [5.41, 5.74) is 9.20. The Morgan fingerprint density at radius 2 is 2.09 bits per heavy atom. The molecule has 0 bridgehead atoms. The first-order valence-corrected chi connectivity index (χ1v) is 7.22. The molecule has 22 heavy (non-hydrogen) atoms. The number of amides is 4. The molecule has 0 fully saturated rings. The Kier molecular flexibility index (Phi) is 5.10. The van der Waals surface area contributed by atoms with Gasteiger partial charge in [0.25, 0.3) is 0 Å². The number of hydrogen-bond donors (Lipinski definition) is 3. The van der Waals surface area contributed by atoms with Gasteiger partial charge in [-0.25, -0.2) is 30.9 Å². The molecule has 1 aromatic rings. The lowest BCUT2D eigenvalue weighted by atomic mass is 10.1. The highest BCUT2D eigenvalue weighted by Crippen LogP contribution is 2.10. The van der Waals surface area contributed by atoms with Crippen molar-refractivity contribution in [3.8, 4) is 0 Å². The van der Waals surface area contributed by atoms with E-state index in [9.17, 15) is 9.59 Å². The van der Waals surface area contributed by atoms with Crippen LogP contribution in [0.15, 0.2) is 38.9 Å². The van der Waals surface area contributed by atoms with Crippen LogP contribution in [-0.4, -0.2) is 35.0 Å². The van der Waals surface area contributed by atoms with Crippen LogP contribution in [0.3, 0.4) is 0 Å². The van der Waals surface area contributed by atoms with Gasteiger partial charge in [0.2, 0.25) is 0 Å². The smallest absolute Gasteiger partial charge is 0.245 e. The van der Waals surface area contributed by atoms with E-state index in [0.29, 0.717) is 11.4 Å². The molecular formula is C13H15BrN6O2. The Bertz CT molecular complexity index is 640. The highest BCUT2D eigenvalue weighted by molar-refractivity contribution is 9.10. The topological polar surface area (TPSA) is 98.2 Å². The molecule has 2 rings (SSSR count). The van der Waals surface area contributed by atoms with Crippen LogP contribution in [0.2, 0.25) is 0 Å². The van der Waals surface area contributed by atoms with Gasteiger partial charge in [0.05, 0.1) is 18.0 Å². The maximum atomic E-state index is 11.8. The maximum Gasteiger partial charge on any atom is 0.356 e. The first-order valence-electron chi connectivity index (χ1n) is 6.43. The van der Waals surface area contributed by atoms with E-state index in [2.05, 4.69) is 42.4 Å².